The Balaban J connectivity index is 1.83. The number of H-pyrrole nitrogens is 1. The van der Waals surface area contributed by atoms with E-state index in [-0.39, 0.29) is 5.91 Å². The van der Waals surface area contributed by atoms with Gasteiger partial charge in [0.1, 0.15) is 0 Å². The van der Waals surface area contributed by atoms with Gasteiger partial charge < -0.3 is 5.32 Å². The molecule has 5 heteroatoms. The number of amides is 1. The van der Waals surface area contributed by atoms with Crippen LogP contribution >= 0.6 is 11.3 Å². The Bertz CT molecular complexity index is 505. The molecule has 2 aromatic rings. The molecule has 0 aromatic carbocycles. The highest BCUT2D eigenvalue weighted by atomic mass is 32.1. The summed E-state index contributed by atoms with van der Waals surface area (Å²) in [4.78, 5) is 13.0. The Morgan fingerprint density at radius 3 is 3.05 bits per heavy atom. The lowest BCUT2D eigenvalue weighted by Crippen LogP contribution is -2.24. The fourth-order valence-electron chi connectivity index (χ4n) is 1.84. The lowest BCUT2D eigenvalue weighted by Gasteiger charge is -2.01. The first-order valence-electron chi connectivity index (χ1n) is 6.68. The molecule has 0 spiro atoms. The van der Waals surface area contributed by atoms with Crippen LogP contribution in [0.1, 0.15) is 43.1 Å². The highest BCUT2D eigenvalue weighted by molar-refractivity contribution is 7.13. The van der Waals surface area contributed by atoms with Gasteiger partial charge in [-0.3, -0.25) is 9.89 Å². The molecule has 2 heterocycles. The number of hydrogen-bond donors (Lipinski definition) is 2. The fourth-order valence-corrected chi connectivity index (χ4v) is 2.53. The number of thiophene rings is 1. The molecule has 0 atom stereocenters. The summed E-state index contributed by atoms with van der Waals surface area (Å²) >= 11 is 1.63. The van der Waals surface area contributed by atoms with Gasteiger partial charge in [-0.05, 0) is 23.9 Å². The Hall–Kier alpha value is -1.62. The summed E-state index contributed by atoms with van der Waals surface area (Å²) in [7, 11) is 0. The maximum Gasteiger partial charge on any atom is 0.271 e. The second-order valence-corrected chi connectivity index (χ2v) is 5.41. The van der Waals surface area contributed by atoms with Crippen LogP contribution in [0.15, 0.2) is 23.6 Å². The number of carbonyl (C=O) groups excluding carboxylic acids is 1. The van der Waals surface area contributed by atoms with Crippen LogP contribution in [-0.4, -0.2) is 22.6 Å². The largest absolute Gasteiger partial charge is 0.351 e. The van der Waals surface area contributed by atoms with Gasteiger partial charge in [-0.25, -0.2) is 0 Å². The van der Waals surface area contributed by atoms with Crippen LogP contribution in [0.25, 0.3) is 10.6 Å². The summed E-state index contributed by atoms with van der Waals surface area (Å²) in [6.07, 6.45) is 4.62. The van der Waals surface area contributed by atoms with Gasteiger partial charge in [0.15, 0.2) is 5.69 Å². The molecule has 0 aliphatic rings. The van der Waals surface area contributed by atoms with Crippen molar-refractivity contribution in [3.05, 3.63) is 29.3 Å². The molecule has 19 heavy (non-hydrogen) atoms. The Kier molecular flexibility index (Phi) is 5.15. The summed E-state index contributed by atoms with van der Waals surface area (Å²) in [5.41, 5.74) is 1.35. The third kappa shape index (κ3) is 3.92. The van der Waals surface area contributed by atoms with Gasteiger partial charge in [-0.1, -0.05) is 32.3 Å². The van der Waals surface area contributed by atoms with E-state index in [1.807, 2.05) is 17.5 Å². The molecule has 2 N–H and O–H groups in total. The van der Waals surface area contributed by atoms with E-state index >= 15 is 0 Å². The van der Waals surface area contributed by atoms with Crippen molar-refractivity contribution in [2.45, 2.75) is 32.6 Å². The quantitative estimate of drug-likeness (QED) is 0.762. The number of carbonyl (C=O) groups is 1. The topological polar surface area (TPSA) is 57.8 Å². The summed E-state index contributed by atoms with van der Waals surface area (Å²) in [5, 5.41) is 11.9. The Morgan fingerprint density at radius 2 is 2.32 bits per heavy atom. The number of rotatable bonds is 7. The second-order valence-electron chi connectivity index (χ2n) is 4.46. The SMILES string of the molecule is CCCCCCNC(=O)c1cc(-c2cccs2)[nH]n1. The molecule has 0 radical (unpaired) electrons. The monoisotopic (exact) mass is 277 g/mol. The number of unbranched alkanes of at least 4 members (excludes halogenated alkanes) is 3. The van der Waals surface area contributed by atoms with Crippen LogP contribution in [0.3, 0.4) is 0 Å². The molecule has 0 saturated heterocycles. The summed E-state index contributed by atoms with van der Waals surface area (Å²) in [5.74, 6) is -0.101. The average Bonchev–Trinajstić information content (AvgIpc) is 3.08. The lowest BCUT2D eigenvalue weighted by molar-refractivity contribution is 0.0948. The molecule has 2 aromatic heterocycles. The van der Waals surface area contributed by atoms with Crippen molar-refractivity contribution in [2.75, 3.05) is 6.54 Å². The third-order valence-electron chi connectivity index (χ3n) is 2.91. The van der Waals surface area contributed by atoms with Crippen molar-refractivity contribution < 1.29 is 4.79 Å². The molecule has 0 bridgehead atoms. The molecule has 0 saturated carbocycles. The van der Waals surface area contributed by atoms with E-state index in [0.717, 1.165) is 30.0 Å². The minimum Gasteiger partial charge on any atom is -0.351 e. The highest BCUT2D eigenvalue weighted by Gasteiger charge is 2.11. The molecule has 1 amide bonds. The Morgan fingerprint density at radius 1 is 1.42 bits per heavy atom. The minimum atomic E-state index is -0.101. The van der Waals surface area contributed by atoms with Crippen LogP contribution in [-0.2, 0) is 0 Å². The first kappa shape index (κ1) is 13.8. The van der Waals surface area contributed by atoms with Gasteiger partial charge in [-0.2, -0.15) is 5.10 Å². The lowest BCUT2D eigenvalue weighted by atomic mass is 10.2. The van der Waals surface area contributed by atoms with Gasteiger partial charge in [-0.15, -0.1) is 11.3 Å². The summed E-state index contributed by atoms with van der Waals surface area (Å²) < 4.78 is 0. The van der Waals surface area contributed by atoms with Crippen molar-refractivity contribution >= 4 is 17.2 Å². The molecule has 4 nitrogen and oxygen atoms in total. The number of hydrogen-bond acceptors (Lipinski definition) is 3. The normalized spacial score (nSPS) is 10.6. The number of aromatic nitrogens is 2. The molecular weight excluding hydrogens is 258 g/mol. The third-order valence-corrected chi connectivity index (χ3v) is 3.82. The first-order chi connectivity index (χ1) is 9.31. The smallest absolute Gasteiger partial charge is 0.271 e. The standard InChI is InChI=1S/C14H19N3OS/c1-2-3-4-5-8-15-14(18)12-10-11(16-17-12)13-7-6-9-19-13/h6-7,9-10H,2-5,8H2,1H3,(H,15,18)(H,16,17). The molecular formula is C14H19N3OS. The minimum absolute atomic E-state index is 0.101. The fraction of sp³-hybridized carbons (Fsp3) is 0.429. The van der Waals surface area contributed by atoms with Gasteiger partial charge in [0.25, 0.3) is 5.91 Å². The second kappa shape index (κ2) is 7.09. The van der Waals surface area contributed by atoms with Crippen molar-refractivity contribution in [1.82, 2.24) is 15.5 Å². The van der Waals surface area contributed by atoms with Gasteiger partial charge in [0.05, 0.1) is 10.6 Å². The zero-order valence-electron chi connectivity index (χ0n) is 11.1. The maximum absolute atomic E-state index is 11.9. The van der Waals surface area contributed by atoms with Crippen molar-refractivity contribution in [3.8, 4) is 10.6 Å². The van der Waals surface area contributed by atoms with Crippen molar-refractivity contribution in [3.63, 3.8) is 0 Å². The predicted octanol–water partition coefficient (Wildman–Crippen LogP) is 3.45. The van der Waals surface area contributed by atoms with Gasteiger partial charge >= 0.3 is 0 Å². The van der Waals surface area contributed by atoms with E-state index in [1.165, 1.54) is 12.8 Å². The van der Waals surface area contributed by atoms with Crippen molar-refractivity contribution in [2.24, 2.45) is 0 Å². The molecule has 0 aliphatic heterocycles. The van der Waals surface area contributed by atoms with Crippen LogP contribution in [0.2, 0.25) is 0 Å². The molecule has 0 aliphatic carbocycles. The Labute approximate surface area is 117 Å². The van der Waals surface area contributed by atoms with Crippen LogP contribution in [0.4, 0.5) is 0 Å². The van der Waals surface area contributed by atoms with Gasteiger partial charge in [0.2, 0.25) is 0 Å². The van der Waals surface area contributed by atoms with Gasteiger partial charge in [0, 0.05) is 6.54 Å². The average molecular weight is 277 g/mol. The summed E-state index contributed by atoms with van der Waals surface area (Å²) in [6, 6.07) is 5.78. The number of nitrogens with zero attached hydrogens (tertiary/aromatic N) is 1. The van der Waals surface area contributed by atoms with E-state index in [1.54, 1.807) is 17.4 Å². The van der Waals surface area contributed by atoms with E-state index in [0.29, 0.717) is 5.69 Å². The number of nitrogens with one attached hydrogen (secondary N) is 2. The molecule has 102 valence electrons. The van der Waals surface area contributed by atoms with E-state index in [2.05, 4.69) is 22.4 Å². The number of aromatic amines is 1. The van der Waals surface area contributed by atoms with E-state index in [4.69, 9.17) is 0 Å². The zero-order chi connectivity index (χ0) is 13.5. The van der Waals surface area contributed by atoms with E-state index < -0.39 is 0 Å². The molecule has 0 unspecified atom stereocenters. The summed E-state index contributed by atoms with van der Waals surface area (Å²) in [6.45, 7) is 2.90. The highest BCUT2D eigenvalue weighted by Crippen LogP contribution is 2.22. The van der Waals surface area contributed by atoms with Crippen LogP contribution in [0, 0.1) is 0 Å². The maximum atomic E-state index is 11.9. The first-order valence-corrected chi connectivity index (χ1v) is 7.56. The zero-order valence-corrected chi connectivity index (χ0v) is 11.9. The van der Waals surface area contributed by atoms with Crippen LogP contribution < -0.4 is 5.32 Å². The van der Waals surface area contributed by atoms with Crippen molar-refractivity contribution in [1.29, 1.82) is 0 Å². The van der Waals surface area contributed by atoms with Crippen LogP contribution in [0.5, 0.6) is 0 Å². The predicted molar refractivity (Wildman–Crippen MR) is 78.4 cm³/mol. The van der Waals surface area contributed by atoms with E-state index in [9.17, 15) is 4.79 Å². The molecule has 2 rings (SSSR count). The molecule has 0 fully saturated rings.